The molecule has 0 heterocycles. The van der Waals surface area contributed by atoms with Crippen LogP contribution in [0.2, 0.25) is 0 Å². The number of aliphatic hydroxyl groups is 1. The monoisotopic (exact) mass is 259 g/mol. The predicted octanol–water partition coefficient (Wildman–Crippen LogP) is 2.46. The highest BCUT2D eigenvalue weighted by atomic mass is 16.3. The van der Waals surface area contributed by atoms with Crippen molar-refractivity contribution in [3.63, 3.8) is 0 Å². The van der Waals surface area contributed by atoms with Crippen LogP contribution in [0.4, 0.5) is 0 Å². The van der Waals surface area contributed by atoms with Gasteiger partial charge in [-0.1, -0.05) is 43.2 Å². The second kappa shape index (κ2) is 6.02. The van der Waals surface area contributed by atoms with E-state index in [1.165, 1.54) is 0 Å². The normalized spacial score (nSPS) is 17.8. The quantitative estimate of drug-likeness (QED) is 0.844. The molecule has 0 bridgehead atoms. The molecular weight excluding hydrogens is 238 g/mol. The molecule has 3 nitrogen and oxygen atoms in total. The summed E-state index contributed by atoms with van der Waals surface area (Å²) in [5, 5.41) is 10.3. The molecule has 0 unspecified atom stereocenters. The van der Waals surface area contributed by atoms with Crippen molar-refractivity contribution >= 4 is 12.0 Å². The van der Waals surface area contributed by atoms with Crippen molar-refractivity contribution in [1.29, 1.82) is 0 Å². The highest BCUT2D eigenvalue weighted by Gasteiger charge is 2.32. The summed E-state index contributed by atoms with van der Waals surface area (Å²) < 4.78 is 0. The van der Waals surface area contributed by atoms with E-state index in [1.54, 1.807) is 24.1 Å². The summed E-state index contributed by atoms with van der Waals surface area (Å²) in [5.41, 5.74) is 0.328. The zero-order valence-corrected chi connectivity index (χ0v) is 11.4. The number of carbonyl (C=O) groups excluding carboxylic acids is 1. The Hall–Kier alpha value is -1.61. The number of hydrogen-bond acceptors (Lipinski definition) is 2. The van der Waals surface area contributed by atoms with E-state index in [0.717, 1.165) is 31.2 Å². The van der Waals surface area contributed by atoms with Crippen molar-refractivity contribution in [3.8, 4) is 0 Å². The number of benzene rings is 1. The summed E-state index contributed by atoms with van der Waals surface area (Å²) in [6.07, 6.45) is 7.07. The molecule has 1 amide bonds. The molecule has 0 spiro atoms. The third-order valence-corrected chi connectivity index (χ3v) is 3.66. The molecule has 2 rings (SSSR count). The SMILES string of the molecule is CN(CC1(O)CCCC1)C(=O)/C=C/c1ccccc1. The van der Waals surface area contributed by atoms with E-state index in [2.05, 4.69) is 0 Å². The van der Waals surface area contributed by atoms with Gasteiger partial charge in [0.05, 0.1) is 5.60 Å². The van der Waals surface area contributed by atoms with Gasteiger partial charge in [0.1, 0.15) is 0 Å². The molecule has 1 aliphatic rings. The maximum Gasteiger partial charge on any atom is 0.246 e. The summed E-state index contributed by atoms with van der Waals surface area (Å²) in [6, 6.07) is 9.73. The van der Waals surface area contributed by atoms with E-state index >= 15 is 0 Å². The lowest BCUT2D eigenvalue weighted by atomic mass is 10.0. The van der Waals surface area contributed by atoms with Crippen LogP contribution in [0.15, 0.2) is 36.4 Å². The van der Waals surface area contributed by atoms with Gasteiger partial charge in [-0.25, -0.2) is 0 Å². The van der Waals surface area contributed by atoms with Crippen LogP contribution in [0.5, 0.6) is 0 Å². The molecule has 1 aliphatic carbocycles. The molecule has 1 aromatic rings. The molecule has 1 saturated carbocycles. The molecule has 3 heteroatoms. The van der Waals surface area contributed by atoms with Crippen molar-refractivity contribution < 1.29 is 9.90 Å². The van der Waals surface area contributed by atoms with Gasteiger partial charge in [0.25, 0.3) is 0 Å². The Morgan fingerprint density at radius 2 is 1.95 bits per heavy atom. The Bertz CT molecular complexity index is 447. The fraction of sp³-hybridized carbons (Fsp3) is 0.438. The minimum atomic E-state index is -0.676. The van der Waals surface area contributed by atoms with E-state index in [1.807, 2.05) is 30.3 Å². The van der Waals surface area contributed by atoms with Crippen LogP contribution in [0.1, 0.15) is 31.2 Å². The lowest BCUT2D eigenvalue weighted by Crippen LogP contribution is -2.41. The molecule has 1 aromatic carbocycles. The Labute approximate surface area is 114 Å². The number of amides is 1. The Morgan fingerprint density at radius 3 is 2.58 bits per heavy atom. The minimum Gasteiger partial charge on any atom is -0.388 e. The van der Waals surface area contributed by atoms with Crippen LogP contribution in [0, 0.1) is 0 Å². The Kier molecular flexibility index (Phi) is 4.38. The Balaban J connectivity index is 1.90. The largest absolute Gasteiger partial charge is 0.388 e. The maximum absolute atomic E-state index is 12.0. The minimum absolute atomic E-state index is 0.0656. The molecule has 0 saturated heterocycles. The van der Waals surface area contributed by atoms with Crippen LogP contribution in [-0.2, 0) is 4.79 Å². The van der Waals surface area contributed by atoms with Crippen molar-refractivity contribution in [2.75, 3.05) is 13.6 Å². The van der Waals surface area contributed by atoms with Gasteiger partial charge < -0.3 is 10.0 Å². The number of carbonyl (C=O) groups is 1. The number of hydrogen-bond donors (Lipinski definition) is 1. The number of nitrogens with zero attached hydrogens (tertiary/aromatic N) is 1. The first-order valence-corrected chi connectivity index (χ1v) is 6.80. The average molecular weight is 259 g/mol. The molecule has 102 valence electrons. The summed E-state index contributed by atoms with van der Waals surface area (Å²) >= 11 is 0. The highest BCUT2D eigenvalue weighted by molar-refractivity contribution is 5.91. The van der Waals surface area contributed by atoms with Gasteiger partial charge in [-0.3, -0.25) is 4.79 Å². The first-order chi connectivity index (χ1) is 9.09. The van der Waals surface area contributed by atoms with Gasteiger partial charge >= 0.3 is 0 Å². The van der Waals surface area contributed by atoms with Crippen LogP contribution >= 0.6 is 0 Å². The third-order valence-electron chi connectivity index (χ3n) is 3.66. The standard InChI is InChI=1S/C16H21NO2/c1-17(13-16(19)11-5-6-12-16)15(18)10-9-14-7-3-2-4-8-14/h2-4,7-10,19H,5-6,11-13H2,1H3/b10-9+. The van der Waals surface area contributed by atoms with E-state index < -0.39 is 5.60 Å². The molecule has 0 aromatic heterocycles. The van der Waals surface area contributed by atoms with Gasteiger partial charge in [-0.05, 0) is 24.5 Å². The summed E-state index contributed by atoms with van der Waals surface area (Å²) in [4.78, 5) is 13.6. The van der Waals surface area contributed by atoms with Crippen LogP contribution < -0.4 is 0 Å². The first-order valence-electron chi connectivity index (χ1n) is 6.80. The lowest BCUT2D eigenvalue weighted by molar-refractivity contribution is -0.127. The van der Waals surface area contributed by atoms with Gasteiger partial charge in [0, 0.05) is 19.7 Å². The van der Waals surface area contributed by atoms with Crippen LogP contribution in [0.3, 0.4) is 0 Å². The molecule has 19 heavy (non-hydrogen) atoms. The molecule has 1 N–H and O–H groups in total. The number of rotatable bonds is 4. The third kappa shape index (κ3) is 3.93. The zero-order chi connectivity index (χ0) is 13.7. The highest BCUT2D eigenvalue weighted by Crippen LogP contribution is 2.29. The molecule has 0 radical (unpaired) electrons. The fourth-order valence-electron chi connectivity index (χ4n) is 2.57. The van der Waals surface area contributed by atoms with Gasteiger partial charge in [-0.15, -0.1) is 0 Å². The zero-order valence-electron chi connectivity index (χ0n) is 11.4. The van der Waals surface area contributed by atoms with Crippen molar-refractivity contribution in [1.82, 2.24) is 4.90 Å². The molecular formula is C16H21NO2. The topological polar surface area (TPSA) is 40.5 Å². The van der Waals surface area contributed by atoms with Crippen LogP contribution in [-0.4, -0.2) is 35.1 Å². The van der Waals surface area contributed by atoms with E-state index in [-0.39, 0.29) is 5.91 Å². The summed E-state index contributed by atoms with van der Waals surface area (Å²) in [5.74, 6) is -0.0656. The Morgan fingerprint density at radius 1 is 1.32 bits per heavy atom. The summed E-state index contributed by atoms with van der Waals surface area (Å²) in [7, 11) is 1.74. The van der Waals surface area contributed by atoms with Crippen molar-refractivity contribution in [3.05, 3.63) is 42.0 Å². The van der Waals surface area contributed by atoms with E-state index in [0.29, 0.717) is 6.54 Å². The second-order valence-corrected chi connectivity index (χ2v) is 5.37. The first kappa shape index (κ1) is 13.8. The van der Waals surface area contributed by atoms with Crippen molar-refractivity contribution in [2.24, 2.45) is 0 Å². The maximum atomic E-state index is 12.0. The fourth-order valence-corrected chi connectivity index (χ4v) is 2.57. The van der Waals surface area contributed by atoms with Gasteiger partial charge in [0.2, 0.25) is 5.91 Å². The average Bonchev–Trinajstić information content (AvgIpc) is 2.83. The summed E-state index contributed by atoms with van der Waals surface area (Å²) in [6.45, 7) is 0.422. The predicted molar refractivity (Wildman–Crippen MR) is 76.5 cm³/mol. The van der Waals surface area contributed by atoms with E-state index in [9.17, 15) is 9.90 Å². The lowest BCUT2D eigenvalue weighted by Gasteiger charge is -2.27. The molecule has 0 aliphatic heterocycles. The van der Waals surface area contributed by atoms with E-state index in [4.69, 9.17) is 0 Å². The van der Waals surface area contributed by atoms with Crippen molar-refractivity contribution in [2.45, 2.75) is 31.3 Å². The van der Waals surface area contributed by atoms with Gasteiger partial charge in [-0.2, -0.15) is 0 Å². The smallest absolute Gasteiger partial charge is 0.246 e. The number of likely N-dealkylation sites (N-methyl/N-ethyl adjacent to an activating group) is 1. The van der Waals surface area contributed by atoms with Gasteiger partial charge in [0.15, 0.2) is 0 Å². The second-order valence-electron chi connectivity index (χ2n) is 5.37. The molecule has 1 fully saturated rings. The van der Waals surface area contributed by atoms with Crippen LogP contribution in [0.25, 0.3) is 6.08 Å². The molecule has 0 atom stereocenters.